The predicted octanol–water partition coefficient (Wildman–Crippen LogP) is 2.89. The Morgan fingerprint density at radius 3 is 2.78 bits per heavy atom. The number of benzene rings is 1. The molecular weight excluding hydrogens is 364 g/mol. The number of allylic oxidation sites excluding steroid dienone is 1. The summed E-state index contributed by atoms with van der Waals surface area (Å²) in [6.07, 6.45) is 1.69. The fourth-order valence-electron chi connectivity index (χ4n) is 2.64. The summed E-state index contributed by atoms with van der Waals surface area (Å²) < 4.78 is 5.44. The van der Waals surface area contributed by atoms with Gasteiger partial charge < -0.3 is 15.4 Å². The van der Waals surface area contributed by atoms with Gasteiger partial charge >= 0.3 is 0 Å². The second kappa shape index (κ2) is 8.30. The summed E-state index contributed by atoms with van der Waals surface area (Å²) in [7, 11) is 0. The lowest BCUT2D eigenvalue weighted by molar-refractivity contribution is -0.112. The molecule has 3 rings (SSSR count). The fraction of sp³-hybridized carbons (Fsp3) is 0.316. The Bertz CT molecular complexity index is 904. The van der Waals surface area contributed by atoms with Crippen molar-refractivity contribution in [2.75, 3.05) is 17.7 Å². The lowest BCUT2D eigenvalue weighted by atomic mass is 10.1. The number of rotatable bonds is 5. The molecule has 0 atom stereocenters. The number of nitrogens with one attached hydrogen (secondary N) is 3. The average molecular weight is 386 g/mol. The van der Waals surface area contributed by atoms with Crippen molar-refractivity contribution in [2.45, 2.75) is 27.3 Å². The van der Waals surface area contributed by atoms with E-state index in [1.54, 1.807) is 25.3 Å². The number of hydrogen-bond acceptors (Lipinski definition) is 5. The largest absolute Gasteiger partial charge is 0.496 e. The maximum atomic E-state index is 12.5. The van der Waals surface area contributed by atoms with E-state index in [2.05, 4.69) is 20.8 Å². The molecule has 1 aromatic heterocycles. The van der Waals surface area contributed by atoms with Crippen molar-refractivity contribution < 1.29 is 14.3 Å². The number of carbonyl (C=O) groups is 2. The zero-order chi connectivity index (χ0) is 19.4. The van der Waals surface area contributed by atoms with Gasteiger partial charge in [-0.3, -0.25) is 14.7 Å². The number of carbonyl (C=O) groups excluding carboxylic acids is 2. The van der Waals surface area contributed by atoms with Gasteiger partial charge in [-0.15, -0.1) is 11.8 Å². The Balaban J connectivity index is 1.71. The molecule has 0 unspecified atom stereocenters. The van der Waals surface area contributed by atoms with E-state index in [1.165, 1.54) is 11.8 Å². The minimum Gasteiger partial charge on any atom is -0.496 e. The third-order valence-electron chi connectivity index (χ3n) is 4.30. The van der Waals surface area contributed by atoms with E-state index in [-0.39, 0.29) is 11.8 Å². The van der Waals surface area contributed by atoms with Gasteiger partial charge in [-0.05, 0) is 38.5 Å². The predicted molar refractivity (Wildman–Crippen MR) is 105 cm³/mol. The Hall–Kier alpha value is -2.74. The van der Waals surface area contributed by atoms with Crippen LogP contribution in [-0.4, -0.2) is 34.4 Å². The number of H-pyrrole nitrogens is 1. The van der Waals surface area contributed by atoms with Crippen molar-refractivity contribution >= 4 is 29.3 Å². The van der Waals surface area contributed by atoms with Crippen LogP contribution in [-0.2, 0) is 16.1 Å². The molecule has 8 heteroatoms. The molecule has 0 saturated heterocycles. The minimum absolute atomic E-state index is 0.211. The van der Waals surface area contributed by atoms with E-state index in [4.69, 9.17) is 4.74 Å². The highest BCUT2D eigenvalue weighted by Crippen LogP contribution is 2.27. The van der Waals surface area contributed by atoms with E-state index in [0.29, 0.717) is 35.1 Å². The number of amides is 2. The molecule has 2 heterocycles. The first-order valence-corrected chi connectivity index (χ1v) is 9.60. The molecule has 27 heavy (non-hydrogen) atoms. The minimum atomic E-state index is -0.216. The third kappa shape index (κ3) is 4.51. The number of aromatic amines is 1. The molecule has 142 valence electrons. The van der Waals surface area contributed by atoms with Crippen LogP contribution in [0, 0.1) is 13.8 Å². The molecule has 2 amide bonds. The summed E-state index contributed by atoms with van der Waals surface area (Å²) in [5, 5.41) is 12.5. The normalized spacial score (nSPS) is 13.9. The van der Waals surface area contributed by atoms with Gasteiger partial charge in [0.05, 0.1) is 12.8 Å². The molecule has 2 aromatic rings. The van der Waals surface area contributed by atoms with Crippen molar-refractivity contribution in [3.05, 3.63) is 57.4 Å². The van der Waals surface area contributed by atoms with Crippen molar-refractivity contribution in [2.24, 2.45) is 0 Å². The van der Waals surface area contributed by atoms with Gasteiger partial charge in [0, 0.05) is 34.8 Å². The molecule has 0 aliphatic carbocycles. The number of aryl methyl sites for hydroxylation is 2. The van der Waals surface area contributed by atoms with Crippen LogP contribution >= 0.6 is 11.8 Å². The van der Waals surface area contributed by atoms with Gasteiger partial charge in [0.25, 0.3) is 11.8 Å². The van der Waals surface area contributed by atoms with Crippen LogP contribution < -0.4 is 10.6 Å². The molecule has 0 bridgehead atoms. The molecule has 0 saturated carbocycles. The van der Waals surface area contributed by atoms with E-state index in [0.717, 1.165) is 22.6 Å². The van der Waals surface area contributed by atoms with Crippen LogP contribution in [0.2, 0.25) is 0 Å². The van der Waals surface area contributed by atoms with Crippen molar-refractivity contribution in [1.82, 2.24) is 15.5 Å². The maximum absolute atomic E-state index is 12.5. The lowest BCUT2D eigenvalue weighted by Gasteiger charge is -2.18. The van der Waals surface area contributed by atoms with Crippen LogP contribution in [0.3, 0.4) is 0 Å². The van der Waals surface area contributed by atoms with Gasteiger partial charge in [-0.25, -0.2) is 0 Å². The summed E-state index contributed by atoms with van der Waals surface area (Å²) in [6, 6.07) is 5.25. The van der Waals surface area contributed by atoms with Crippen LogP contribution in [0.1, 0.15) is 34.1 Å². The first-order chi connectivity index (χ1) is 13.0. The Labute approximate surface area is 161 Å². The van der Waals surface area contributed by atoms with Gasteiger partial charge in [0.2, 0.25) is 0 Å². The summed E-state index contributed by atoms with van der Waals surface area (Å²) >= 11 is 1.48. The molecule has 1 aromatic carbocycles. The number of anilines is 1. The SMILES string of the molecule is CC1=C(C(=O)Nc2cc(C(=O)NCc3cn[nH]c3C)ccc2C)SCCO1. The molecule has 1 aliphatic rings. The van der Waals surface area contributed by atoms with Crippen LogP contribution in [0.5, 0.6) is 0 Å². The van der Waals surface area contributed by atoms with Crippen LogP contribution in [0.15, 0.2) is 35.1 Å². The summed E-state index contributed by atoms with van der Waals surface area (Å²) in [5.41, 5.74) is 3.82. The topological polar surface area (TPSA) is 96.1 Å². The third-order valence-corrected chi connectivity index (χ3v) is 5.43. The molecule has 0 fully saturated rings. The van der Waals surface area contributed by atoms with E-state index in [9.17, 15) is 9.59 Å². The summed E-state index contributed by atoms with van der Waals surface area (Å²) in [5.74, 6) is 0.948. The van der Waals surface area contributed by atoms with Gasteiger partial charge in [-0.2, -0.15) is 5.10 Å². The van der Waals surface area contributed by atoms with Crippen molar-refractivity contribution in [3.8, 4) is 0 Å². The average Bonchev–Trinajstić information content (AvgIpc) is 3.06. The van der Waals surface area contributed by atoms with Crippen molar-refractivity contribution in [1.29, 1.82) is 0 Å². The highest BCUT2D eigenvalue weighted by Gasteiger charge is 2.20. The smallest absolute Gasteiger partial charge is 0.265 e. The van der Waals surface area contributed by atoms with Gasteiger partial charge in [0.1, 0.15) is 10.7 Å². The molecule has 0 spiro atoms. The van der Waals surface area contributed by atoms with Crippen molar-refractivity contribution in [3.63, 3.8) is 0 Å². The number of thioether (sulfide) groups is 1. The zero-order valence-electron chi connectivity index (χ0n) is 15.5. The van der Waals surface area contributed by atoms with Gasteiger partial charge in [0.15, 0.2) is 0 Å². The number of hydrogen-bond donors (Lipinski definition) is 3. The summed E-state index contributed by atoms with van der Waals surface area (Å²) in [6.45, 7) is 6.57. The van der Waals surface area contributed by atoms with Gasteiger partial charge in [-0.1, -0.05) is 6.07 Å². The Kier molecular flexibility index (Phi) is 5.85. The molecular formula is C19H22N4O3S. The van der Waals surface area contributed by atoms with E-state index < -0.39 is 0 Å². The first-order valence-electron chi connectivity index (χ1n) is 8.61. The Morgan fingerprint density at radius 1 is 1.26 bits per heavy atom. The molecule has 7 nitrogen and oxygen atoms in total. The lowest BCUT2D eigenvalue weighted by Crippen LogP contribution is -2.23. The zero-order valence-corrected chi connectivity index (χ0v) is 16.3. The standard InChI is InChI=1S/C19H22N4O3S/c1-11-4-5-14(18(24)20-9-15-10-21-23-12(15)2)8-16(11)22-19(25)17-13(3)26-6-7-27-17/h4-5,8,10H,6-7,9H2,1-3H3,(H,20,24)(H,21,23)(H,22,25). The molecule has 0 radical (unpaired) electrons. The van der Waals surface area contributed by atoms with Crippen LogP contribution in [0.25, 0.3) is 0 Å². The fourth-order valence-corrected chi connectivity index (χ4v) is 3.45. The quantitative estimate of drug-likeness (QED) is 0.734. The van der Waals surface area contributed by atoms with E-state index >= 15 is 0 Å². The number of ether oxygens (including phenoxy) is 1. The Morgan fingerprint density at radius 2 is 2.07 bits per heavy atom. The van der Waals surface area contributed by atoms with E-state index in [1.807, 2.05) is 19.9 Å². The second-order valence-corrected chi connectivity index (χ2v) is 7.37. The second-order valence-electron chi connectivity index (χ2n) is 6.27. The van der Waals surface area contributed by atoms with Crippen LogP contribution in [0.4, 0.5) is 5.69 Å². The molecule has 3 N–H and O–H groups in total. The highest BCUT2D eigenvalue weighted by molar-refractivity contribution is 8.04. The summed E-state index contributed by atoms with van der Waals surface area (Å²) in [4.78, 5) is 25.6. The number of aromatic nitrogens is 2. The monoisotopic (exact) mass is 386 g/mol. The maximum Gasteiger partial charge on any atom is 0.265 e. The first kappa shape index (κ1) is 19.0. The highest BCUT2D eigenvalue weighted by atomic mass is 32.2. The number of nitrogens with zero attached hydrogens (tertiary/aromatic N) is 1. The molecule has 1 aliphatic heterocycles.